The fourth-order valence-corrected chi connectivity index (χ4v) is 4.08. The number of hydrogen-bond acceptors (Lipinski definition) is 4. The van der Waals surface area contributed by atoms with Crippen molar-refractivity contribution in [3.8, 4) is 0 Å². The summed E-state index contributed by atoms with van der Waals surface area (Å²) in [7, 11) is 0. The predicted octanol–water partition coefficient (Wildman–Crippen LogP) is 5.10. The third-order valence-electron chi connectivity index (χ3n) is 3.72. The number of para-hydroxylation sites is 1. The summed E-state index contributed by atoms with van der Waals surface area (Å²) in [6.45, 7) is 4.05. The summed E-state index contributed by atoms with van der Waals surface area (Å²) in [6.07, 6.45) is 1.57. The molecule has 0 unspecified atom stereocenters. The predicted molar refractivity (Wildman–Crippen MR) is 96.5 cm³/mol. The Bertz CT molecular complexity index is 1000. The second kappa shape index (κ2) is 5.53. The minimum absolute atomic E-state index is 0.262. The summed E-state index contributed by atoms with van der Waals surface area (Å²) >= 11 is 7.99. The SMILES string of the molecule is CC1(C)N=C(c2cnc3c(F)cccc3n2)c2cccc(Cl)c2S1. The van der Waals surface area contributed by atoms with Gasteiger partial charge in [0.25, 0.3) is 0 Å². The second-order valence-electron chi connectivity index (χ2n) is 5.99. The van der Waals surface area contributed by atoms with Crippen molar-refractivity contribution >= 4 is 40.1 Å². The van der Waals surface area contributed by atoms with Gasteiger partial charge in [-0.2, -0.15) is 0 Å². The zero-order valence-corrected chi connectivity index (χ0v) is 14.6. The molecule has 1 aliphatic rings. The van der Waals surface area contributed by atoms with Gasteiger partial charge in [0.2, 0.25) is 0 Å². The Labute approximate surface area is 148 Å². The highest BCUT2D eigenvalue weighted by Crippen LogP contribution is 2.44. The molecule has 2 aromatic carbocycles. The Kier molecular flexibility index (Phi) is 3.58. The van der Waals surface area contributed by atoms with Crippen LogP contribution in [0.15, 0.2) is 52.5 Å². The van der Waals surface area contributed by atoms with Gasteiger partial charge in [0.15, 0.2) is 5.82 Å². The number of hydrogen-bond donors (Lipinski definition) is 0. The highest BCUT2D eigenvalue weighted by Gasteiger charge is 2.30. The average Bonchev–Trinajstić information content (AvgIpc) is 2.54. The maximum Gasteiger partial charge on any atom is 0.151 e. The van der Waals surface area contributed by atoms with Gasteiger partial charge in [0, 0.05) is 10.5 Å². The van der Waals surface area contributed by atoms with Crippen LogP contribution < -0.4 is 0 Å². The summed E-state index contributed by atoms with van der Waals surface area (Å²) in [5.74, 6) is -0.378. The number of rotatable bonds is 1. The van der Waals surface area contributed by atoms with Crippen LogP contribution in [0.1, 0.15) is 25.1 Å². The van der Waals surface area contributed by atoms with Crippen LogP contribution in [-0.4, -0.2) is 20.6 Å². The van der Waals surface area contributed by atoms with Crippen LogP contribution in [0.4, 0.5) is 4.39 Å². The fourth-order valence-electron chi connectivity index (χ4n) is 2.72. The van der Waals surface area contributed by atoms with Crippen molar-refractivity contribution < 1.29 is 4.39 Å². The molecule has 0 atom stereocenters. The zero-order valence-electron chi connectivity index (χ0n) is 13.0. The molecular weight excluding hydrogens is 345 g/mol. The second-order valence-corrected chi connectivity index (χ2v) is 8.01. The lowest BCUT2D eigenvalue weighted by molar-refractivity contribution is 0.636. The summed E-state index contributed by atoms with van der Waals surface area (Å²) < 4.78 is 13.8. The Hall–Kier alpha value is -1.98. The minimum atomic E-state index is -0.378. The van der Waals surface area contributed by atoms with E-state index in [1.807, 2.05) is 32.0 Å². The van der Waals surface area contributed by atoms with Crippen molar-refractivity contribution in [2.75, 3.05) is 0 Å². The Morgan fingerprint density at radius 1 is 1.12 bits per heavy atom. The van der Waals surface area contributed by atoms with E-state index in [1.54, 1.807) is 30.1 Å². The van der Waals surface area contributed by atoms with Crippen molar-refractivity contribution in [1.82, 2.24) is 9.97 Å². The van der Waals surface area contributed by atoms with Crippen LogP contribution in [0.5, 0.6) is 0 Å². The largest absolute Gasteiger partial charge is 0.265 e. The van der Waals surface area contributed by atoms with Gasteiger partial charge < -0.3 is 0 Å². The van der Waals surface area contributed by atoms with Crippen LogP contribution in [0.2, 0.25) is 5.02 Å². The quantitative estimate of drug-likeness (QED) is 0.608. The Balaban J connectivity index is 1.95. The van der Waals surface area contributed by atoms with E-state index in [0.29, 0.717) is 16.2 Å². The van der Waals surface area contributed by atoms with Crippen LogP contribution in [0.25, 0.3) is 11.0 Å². The van der Waals surface area contributed by atoms with Gasteiger partial charge >= 0.3 is 0 Å². The number of nitrogens with zero attached hydrogens (tertiary/aromatic N) is 3. The van der Waals surface area contributed by atoms with Crippen molar-refractivity contribution in [2.45, 2.75) is 23.6 Å². The van der Waals surface area contributed by atoms with E-state index in [-0.39, 0.29) is 16.2 Å². The highest BCUT2D eigenvalue weighted by molar-refractivity contribution is 8.00. The molecule has 2 heterocycles. The summed E-state index contributed by atoms with van der Waals surface area (Å²) in [4.78, 5) is 14.2. The lowest BCUT2D eigenvalue weighted by Crippen LogP contribution is -2.23. The van der Waals surface area contributed by atoms with Gasteiger partial charge in [-0.1, -0.05) is 41.6 Å². The van der Waals surface area contributed by atoms with Crippen molar-refractivity contribution in [2.24, 2.45) is 4.99 Å². The van der Waals surface area contributed by atoms with Gasteiger partial charge in [-0.05, 0) is 32.0 Å². The van der Waals surface area contributed by atoms with Crippen molar-refractivity contribution in [3.63, 3.8) is 0 Å². The first-order valence-electron chi connectivity index (χ1n) is 7.44. The standard InChI is InChI=1S/C18H13ClFN3S/c1-18(2)23-15(10-5-3-6-11(19)17(10)24-18)14-9-21-16-12(20)7-4-8-13(16)22-14/h3-9H,1-2H3. The maximum atomic E-state index is 13.8. The lowest BCUT2D eigenvalue weighted by atomic mass is 10.1. The molecule has 6 heteroatoms. The van der Waals surface area contributed by atoms with E-state index in [1.165, 1.54) is 6.07 Å². The summed E-state index contributed by atoms with van der Waals surface area (Å²) in [5.41, 5.74) is 3.05. The zero-order chi connectivity index (χ0) is 16.9. The van der Waals surface area contributed by atoms with E-state index in [0.717, 1.165) is 16.2 Å². The number of benzene rings is 2. The van der Waals surface area contributed by atoms with Gasteiger partial charge in [0.05, 0.1) is 22.4 Å². The van der Waals surface area contributed by atoms with Crippen LogP contribution in [0.3, 0.4) is 0 Å². The summed E-state index contributed by atoms with van der Waals surface area (Å²) in [5, 5.41) is 0.692. The third-order valence-corrected chi connectivity index (χ3v) is 5.38. The van der Waals surface area contributed by atoms with Gasteiger partial charge in [-0.3, -0.25) is 4.99 Å². The van der Waals surface area contributed by atoms with Crippen LogP contribution in [0, 0.1) is 5.82 Å². The van der Waals surface area contributed by atoms with Crippen LogP contribution >= 0.6 is 23.4 Å². The molecule has 0 aliphatic carbocycles. The molecule has 0 saturated carbocycles. The number of halogens is 2. The topological polar surface area (TPSA) is 38.1 Å². The molecule has 0 radical (unpaired) electrons. The van der Waals surface area contributed by atoms with E-state index in [2.05, 4.69) is 9.97 Å². The molecule has 0 bridgehead atoms. The first-order chi connectivity index (χ1) is 11.4. The molecule has 120 valence electrons. The van der Waals surface area contributed by atoms with E-state index < -0.39 is 0 Å². The molecule has 4 rings (SSSR count). The third kappa shape index (κ3) is 2.58. The van der Waals surface area contributed by atoms with E-state index in [4.69, 9.17) is 16.6 Å². The molecule has 0 N–H and O–H groups in total. The first kappa shape index (κ1) is 15.5. The minimum Gasteiger partial charge on any atom is -0.265 e. The normalized spacial score (nSPS) is 15.9. The first-order valence-corrected chi connectivity index (χ1v) is 8.63. The molecular formula is C18H13ClFN3S. The van der Waals surface area contributed by atoms with E-state index in [9.17, 15) is 4.39 Å². The number of aliphatic imine (C=N–C) groups is 1. The van der Waals surface area contributed by atoms with Crippen molar-refractivity contribution in [1.29, 1.82) is 0 Å². The highest BCUT2D eigenvalue weighted by atomic mass is 35.5. The molecule has 1 aliphatic heterocycles. The lowest BCUT2D eigenvalue weighted by Gasteiger charge is -2.28. The molecule has 0 saturated heterocycles. The molecule has 0 amide bonds. The smallest absolute Gasteiger partial charge is 0.151 e. The fraction of sp³-hybridized carbons (Fsp3) is 0.167. The molecule has 3 nitrogen and oxygen atoms in total. The van der Waals surface area contributed by atoms with Gasteiger partial charge in [-0.15, -0.1) is 0 Å². The molecule has 0 spiro atoms. The molecule has 0 fully saturated rings. The number of thioether (sulfide) groups is 1. The number of aromatic nitrogens is 2. The molecule has 24 heavy (non-hydrogen) atoms. The Morgan fingerprint density at radius 2 is 1.92 bits per heavy atom. The Morgan fingerprint density at radius 3 is 2.75 bits per heavy atom. The van der Waals surface area contributed by atoms with Crippen LogP contribution in [-0.2, 0) is 0 Å². The van der Waals surface area contributed by atoms with Crippen molar-refractivity contribution in [3.05, 3.63) is 64.7 Å². The number of fused-ring (bicyclic) bond motifs is 2. The van der Waals surface area contributed by atoms with Gasteiger partial charge in [-0.25, -0.2) is 14.4 Å². The average molecular weight is 358 g/mol. The molecule has 1 aromatic heterocycles. The molecule has 3 aromatic rings. The monoisotopic (exact) mass is 357 g/mol. The van der Waals surface area contributed by atoms with Gasteiger partial charge in [0.1, 0.15) is 16.1 Å². The summed E-state index contributed by atoms with van der Waals surface area (Å²) in [6, 6.07) is 10.5. The maximum absolute atomic E-state index is 13.8. The van der Waals surface area contributed by atoms with E-state index >= 15 is 0 Å².